The molecule has 0 radical (unpaired) electrons. The predicted octanol–water partition coefficient (Wildman–Crippen LogP) is 0.834. The second-order valence-corrected chi connectivity index (χ2v) is 5.80. The number of methoxy groups -OCH3 is 1. The molecule has 1 unspecified atom stereocenters. The highest BCUT2D eigenvalue weighted by Gasteiger charge is 2.33. The molecule has 0 bridgehead atoms. The van der Waals surface area contributed by atoms with E-state index in [4.69, 9.17) is 9.84 Å². The molecular weight excluding hydrogens is 276 g/mol. The van der Waals surface area contributed by atoms with E-state index in [1.54, 1.807) is 4.90 Å². The number of carboxylic acids is 1. The maximum atomic E-state index is 12.2. The van der Waals surface area contributed by atoms with E-state index in [0.29, 0.717) is 32.4 Å². The van der Waals surface area contributed by atoms with Crippen molar-refractivity contribution in [3.05, 3.63) is 0 Å². The zero-order chi connectivity index (χ0) is 15.4. The van der Waals surface area contributed by atoms with Crippen LogP contribution in [0, 0.1) is 11.8 Å². The summed E-state index contributed by atoms with van der Waals surface area (Å²) in [7, 11) is 1.35. The number of hydrogen-bond acceptors (Lipinski definition) is 4. The Bertz CT molecular complexity index is 426. The van der Waals surface area contributed by atoms with Crippen LogP contribution in [0.5, 0.6) is 0 Å². The second-order valence-electron chi connectivity index (χ2n) is 5.80. The SMILES string of the molecule is COC(=O)C1CCCN(C(=O)N[C@H]2CC[C@@H](C(=O)O)C2)C1. The lowest BCUT2D eigenvalue weighted by molar-refractivity contribution is -0.147. The lowest BCUT2D eigenvalue weighted by Gasteiger charge is -2.32. The summed E-state index contributed by atoms with van der Waals surface area (Å²) in [5, 5.41) is 11.8. The van der Waals surface area contributed by atoms with Crippen molar-refractivity contribution in [2.75, 3.05) is 20.2 Å². The molecule has 118 valence electrons. The number of nitrogens with one attached hydrogen (secondary N) is 1. The van der Waals surface area contributed by atoms with E-state index < -0.39 is 5.97 Å². The molecule has 1 saturated heterocycles. The molecule has 7 heteroatoms. The normalized spacial score (nSPS) is 29.0. The standard InChI is InChI=1S/C14H22N2O5/c1-21-13(19)10-3-2-6-16(8-10)14(20)15-11-5-4-9(7-11)12(17)18/h9-11H,2-8H2,1H3,(H,15,20)(H,17,18)/t9-,10?,11+/m1/s1. The number of esters is 1. The maximum Gasteiger partial charge on any atom is 0.317 e. The average Bonchev–Trinajstić information content (AvgIpc) is 2.95. The van der Waals surface area contributed by atoms with Crippen molar-refractivity contribution in [3.8, 4) is 0 Å². The van der Waals surface area contributed by atoms with Crippen LogP contribution in [0.15, 0.2) is 0 Å². The first-order valence-corrected chi connectivity index (χ1v) is 7.37. The van der Waals surface area contributed by atoms with E-state index in [1.807, 2.05) is 0 Å². The van der Waals surface area contributed by atoms with Crippen molar-refractivity contribution in [2.24, 2.45) is 11.8 Å². The summed E-state index contributed by atoms with van der Waals surface area (Å²) in [5.74, 6) is -1.70. The number of ether oxygens (including phenoxy) is 1. The van der Waals surface area contributed by atoms with Gasteiger partial charge in [0, 0.05) is 19.1 Å². The maximum absolute atomic E-state index is 12.2. The Labute approximate surface area is 123 Å². The van der Waals surface area contributed by atoms with Crippen molar-refractivity contribution >= 4 is 18.0 Å². The smallest absolute Gasteiger partial charge is 0.317 e. The molecule has 2 N–H and O–H groups in total. The average molecular weight is 298 g/mol. The number of amides is 2. The third-order valence-electron chi connectivity index (χ3n) is 4.35. The highest BCUT2D eigenvalue weighted by Crippen LogP contribution is 2.26. The summed E-state index contributed by atoms with van der Waals surface area (Å²) in [4.78, 5) is 36.3. The van der Waals surface area contributed by atoms with Crippen LogP contribution < -0.4 is 5.32 Å². The lowest BCUT2D eigenvalue weighted by atomic mass is 9.98. The third-order valence-corrected chi connectivity index (χ3v) is 4.35. The van der Waals surface area contributed by atoms with Gasteiger partial charge in [0.05, 0.1) is 18.9 Å². The van der Waals surface area contributed by atoms with Gasteiger partial charge in [-0.15, -0.1) is 0 Å². The fourth-order valence-corrected chi connectivity index (χ4v) is 3.12. The molecule has 2 fully saturated rings. The van der Waals surface area contributed by atoms with Gasteiger partial charge in [0.2, 0.25) is 0 Å². The summed E-state index contributed by atoms with van der Waals surface area (Å²) < 4.78 is 4.73. The van der Waals surface area contributed by atoms with Gasteiger partial charge in [-0.2, -0.15) is 0 Å². The molecule has 1 heterocycles. The molecule has 0 aromatic heterocycles. The van der Waals surface area contributed by atoms with E-state index in [-0.39, 0.29) is 29.9 Å². The fraction of sp³-hybridized carbons (Fsp3) is 0.786. The van der Waals surface area contributed by atoms with Gasteiger partial charge >= 0.3 is 18.0 Å². The molecule has 21 heavy (non-hydrogen) atoms. The van der Waals surface area contributed by atoms with Crippen LogP contribution in [0.25, 0.3) is 0 Å². The van der Waals surface area contributed by atoms with Gasteiger partial charge in [-0.25, -0.2) is 4.79 Å². The summed E-state index contributed by atoms with van der Waals surface area (Å²) in [6.45, 7) is 0.988. The van der Waals surface area contributed by atoms with Crippen molar-refractivity contribution in [3.63, 3.8) is 0 Å². The summed E-state index contributed by atoms with van der Waals surface area (Å²) >= 11 is 0. The molecule has 2 rings (SSSR count). The number of piperidine rings is 1. The van der Waals surface area contributed by atoms with Crippen LogP contribution in [0.4, 0.5) is 4.79 Å². The first-order chi connectivity index (χ1) is 10.0. The van der Waals surface area contributed by atoms with Crippen LogP contribution in [-0.4, -0.2) is 54.2 Å². The number of carbonyl (C=O) groups excluding carboxylic acids is 2. The molecule has 3 atom stereocenters. The first-order valence-electron chi connectivity index (χ1n) is 7.37. The molecule has 1 saturated carbocycles. The number of carboxylic acid groups (broad SMARTS) is 1. The molecule has 2 aliphatic rings. The third kappa shape index (κ3) is 3.86. The Kier molecular flexibility index (Phi) is 5.03. The van der Waals surface area contributed by atoms with Crippen LogP contribution in [-0.2, 0) is 14.3 Å². The van der Waals surface area contributed by atoms with Gasteiger partial charge < -0.3 is 20.1 Å². The van der Waals surface area contributed by atoms with Crippen molar-refractivity contribution in [2.45, 2.75) is 38.1 Å². The summed E-state index contributed by atoms with van der Waals surface area (Å²) in [6.07, 6.45) is 3.29. The number of urea groups is 1. The van der Waals surface area contributed by atoms with Crippen LogP contribution >= 0.6 is 0 Å². The highest BCUT2D eigenvalue weighted by atomic mass is 16.5. The van der Waals surface area contributed by atoms with Gasteiger partial charge in [0.1, 0.15) is 0 Å². The van der Waals surface area contributed by atoms with E-state index in [9.17, 15) is 14.4 Å². The van der Waals surface area contributed by atoms with E-state index in [1.165, 1.54) is 7.11 Å². The minimum absolute atomic E-state index is 0.0860. The molecule has 2 amide bonds. The molecular formula is C14H22N2O5. The molecule has 0 aromatic carbocycles. The quantitative estimate of drug-likeness (QED) is 0.753. The number of hydrogen-bond donors (Lipinski definition) is 2. The van der Waals surface area contributed by atoms with Crippen LogP contribution in [0.1, 0.15) is 32.1 Å². The Morgan fingerprint density at radius 1 is 1.19 bits per heavy atom. The monoisotopic (exact) mass is 298 g/mol. The highest BCUT2D eigenvalue weighted by molar-refractivity contribution is 5.77. The Balaban J connectivity index is 1.83. The van der Waals surface area contributed by atoms with Crippen molar-refractivity contribution < 1.29 is 24.2 Å². The molecule has 0 spiro atoms. The van der Waals surface area contributed by atoms with Gasteiger partial charge in [-0.3, -0.25) is 9.59 Å². The van der Waals surface area contributed by atoms with Gasteiger partial charge in [0.15, 0.2) is 0 Å². The Morgan fingerprint density at radius 3 is 2.57 bits per heavy atom. The minimum atomic E-state index is -0.796. The summed E-state index contributed by atoms with van der Waals surface area (Å²) in [6, 6.07) is -0.295. The largest absolute Gasteiger partial charge is 0.481 e. The molecule has 0 aromatic rings. The fourth-order valence-electron chi connectivity index (χ4n) is 3.12. The van der Waals surface area contributed by atoms with E-state index >= 15 is 0 Å². The van der Waals surface area contributed by atoms with Gasteiger partial charge in [-0.05, 0) is 32.1 Å². The number of aliphatic carboxylic acids is 1. The number of carbonyl (C=O) groups is 3. The van der Waals surface area contributed by atoms with Crippen LogP contribution in [0.2, 0.25) is 0 Å². The Morgan fingerprint density at radius 2 is 1.95 bits per heavy atom. The zero-order valence-electron chi connectivity index (χ0n) is 12.2. The first kappa shape index (κ1) is 15.6. The number of likely N-dealkylation sites (tertiary alicyclic amines) is 1. The number of nitrogens with zero attached hydrogens (tertiary/aromatic N) is 1. The number of rotatable bonds is 3. The van der Waals surface area contributed by atoms with Crippen LogP contribution in [0.3, 0.4) is 0 Å². The molecule has 1 aliphatic carbocycles. The molecule has 1 aliphatic heterocycles. The van der Waals surface area contributed by atoms with Gasteiger partial charge in [-0.1, -0.05) is 0 Å². The zero-order valence-corrected chi connectivity index (χ0v) is 12.2. The van der Waals surface area contributed by atoms with E-state index in [2.05, 4.69) is 5.32 Å². The van der Waals surface area contributed by atoms with Gasteiger partial charge in [0.25, 0.3) is 0 Å². The van der Waals surface area contributed by atoms with E-state index in [0.717, 1.165) is 12.8 Å². The lowest BCUT2D eigenvalue weighted by Crippen LogP contribution is -2.49. The Hall–Kier alpha value is -1.79. The summed E-state index contributed by atoms with van der Waals surface area (Å²) in [5.41, 5.74) is 0. The second kappa shape index (κ2) is 6.78. The molecule has 7 nitrogen and oxygen atoms in total. The van der Waals surface area contributed by atoms with Crippen molar-refractivity contribution in [1.82, 2.24) is 10.2 Å². The minimum Gasteiger partial charge on any atom is -0.481 e. The predicted molar refractivity (Wildman–Crippen MR) is 73.6 cm³/mol. The topological polar surface area (TPSA) is 95.9 Å². The van der Waals surface area contributed by atoms with Crippen molar-refractivity contribution in [1.29, 1.82) is 0 Å².